The molecule has 0 aliphatic rings. The molecule has 1 unspecified atom stereocenters. The lowest BCUT2D eigenvalue weighted by atomic mass is 10.1. The minimum Gasteiger partial charge on any atom is -0.390 e. The summed E-state index contributed by atoms with van der Waals surface area (Å²) in [6.07, 6.45) is 2.42. The largest absolute Gasteiger partial charge is 0.390 e. The Balaban J connectivity index is 1.83. The molecule has 0 saturated heterocycles. The van der Waals surface area contributed by atoms with Crippen LogP contribution in [0.5, 0.6) is 0 Å². The van der Waals surface area contributed by atoms with Crippen LogP contribution in [0.4, 0.5) is 10.1 Å². The highest BCUT2D eigenvalue weighted by Gasteiger charge is 2.16. The summed E-state index contributed by atoms with van der Waals surface area (Å²) < 4.78 is 15.7. The number of likely N-dealkylation sites (N-methyl/N-ethyl adjacent to an activating group) is 1. The van der Waals surface area contributed by atoms with E-state index in [-0.39, 0.29) is 17.6 Å². The van der Waals surface area contributed by atoms with Gasteiger partial charge in [-0.1, -0.05) is 0 Å². The zero-order chi connectivity index (χ0) is 20.4. The highest BCUT2D eigenvalue weighted by atomic mass is 19.1. The number of aliphatic hydroxyl groups is 1. The van der Waals surface area contributed by atoms with Crippen molar-refractivity contribution < 1.29 is 14.3 Å². The molecule has 2 heterocycles. The summed E-state index contributed by atoms with van der Waals surface area (Å²) in [4.78, 5) is 28.8. The van der Waals surface area contributed by atoms with Crippen LogP contribution in [0.25, 0.3) is 10.9 Å². The van der Waals surface area contributed by atoms with E-state index in [2.05, 4.69) is 15.4 Å². The van der Waals surface area contributed by atoms with Crippen molar-refractivity contribution in [2.75, 3.05) is 26.0 Å². The number of hydrogen-bond acceptors (Lipinski definition) is 5. The number of carbonyl (C=O) groups excluding carboxylic acids is 1. The molecule has 1 aromatic carbocycles. The van der Waals surface area contributed by atoms with Gasteiger partial charge >= 0.3 is 0 Å². The van der Waals surface area contributed by atoms with Gasteiger partial charge < -0.3 is 20.3 Å². The van der Waals surface area contributed by atoms with Crippen LogP contribution in [-0.2, 0) is 6.54 Å². The van der Waals surface area contributed by atoms with Crippen LogP contribution in [0.15, 0.2) is 35.4 Å². The molecule has 0 radical (unpaired) electrons. The first kappa shape index (κ1) is 19.7. The lowest BCUT2D eigenvalue weighted by Crippen LogP contribution is -2.29. The molecule has 2 aromatic heterocycles. The number of fused-ring (bicyclic) bond motifs is 1. The number of H-pyrrole nitrogens is 1. The molecule has 0 saturated carbocycles. The summed E-state index contributed by atoms with van der Waals surface area (Å²) in [7, 11) is 3.71. The first-order valence-electron chi connectivity index (χ1n) is 8.72. The lowest BCUT2D eigenvalue weighted by molar-refractivity contribution is 0.102. The van der Waals surface area contributed by atoms with E-state index in [0.29, 0.717) is 23.2 Å². The highest BCUT2D eigenvalue weighted by Crippen LogP contribution is 2.21. The third-order valence-corrected chi connectivity index (χ3v) is 4.16. The number of nitrogens with zero attached hydrogens (tertiary/aromatic N) is 3. The molecule has 1 atom stereocenters. The Morgan fingerprint density at radius 2 is 2.14 bits per heavy atom. The number of aliphatic hydroxyl groups excluding tert-OH is 1. The summed E-state index contributed by atoms with van der Waals surface area (Å²) in [6.45, 7) is 2.45. The molecule has 148 valence electrons. The maximum atomic E-state index is 14.2. The topological polar surface area (TPSA) is 103 Å². The van der Waals surface area contributed by atoms with Gasteiger partial charge in [-0.25, -0.2) is 4.39 Å². The first-order valence-corrected chi connectivity index (χ1v) is 8.72. The predicted octanol–water partition coefficient (Wildman–Crippen LogP) is 1.35. The summed E-state index contributed by atoms with van der Waals surface area (Å²) in [5.74, 6) is -1.14. The second-order valence-corrected chi connectivity index (χ2v) is 7.04. The van der Waals surface area contributed by atoms with Gasteiger partial charge in [-0.15, -0.1) is 0 Å². The molecule has 8 nitrogen and oxygen atoms in total. The fourth-order valence-electron chi connectivity index (χ4n) is 3.06. The van der Waals surface area contributed by atoms with Crippen molar-refractivity contribution >= 4 is 22.5 Å². The van der Waals surface area contributed by atoms with Gasteiger partial charge in [0, 0.05) is 24.2 Å². The van der Waals surface area contributed by atoms with Gasteiger partial charge in [0.1, 0.15) is 5.82 Å². The van der Waals surface area contributed by atoms with E-state index in [1.807, 2.05) is 19.0 Å². The first-order chi connectivity index (χ1) is 13.2. The van der Waals surface area contributed by atoms with Crippen LogP contribution in [0.1, 0.15) is 15.9 Å². The van der Waals surface area contributed by atoms with Gasteiger partial charge in [-0.3, -0.25) is 14.3 Å². The van der Waals surface area contributed by atoms with E-state index < -0.39 is 23.4 Å². The van der Waals surface area contributed by atoms with Crippen molar-refractivity contribution in [3.05, 3.63) is 57.9 Å². The van der Waals surface area contributed by atoms with E-state index >= 15 is 0 Å². The molecule has 3 N–H and O–H groups in total. The van der Waals surface area contributed by atoms with Gasteiger partial charge in [0.05, 0.1) is 35.6 Å². The van der Waals surface area contributed by atoms with Crippen LogP contribution in [0.2, 0.25) is 0 Å². The number of pyridine rings is 1. The predicted molar refractivity (Wildman–Crippen MR) is 104 cm³/mol. The average Bonchev–Trinajstić information content (AvgIpc) is 3.00. The van der Waals surface area contributed by atoms with Crippen LogP contribution >= 0.6 is 0 Å². The molecule has 0 bridgehead atoms. The number of rotatable bonds is 6. The van der Waals surface area contributed by atoms with Crippen molar-refractivity contribution in [2.24, 2.45) is 0 Å². The zero-order valence-electron chi connectivity index (χ0n) is 15.9. The monoisotopic (exact) mass is 387 g/mol. The molecular weight excluding hydrogens is 365 g/mol. The molecule has 3 aromatic rings. The Morgan fingerprint density at radius 3 is 2.86 bits per heavy atom. The van der Waals surface area contributed by atoms with E-state index in [4.69, 9.17) is 0 Å². The third kappa shape index (κ3) is 4.44. The Morgan fingerprint density at radius 1 is 1.39 bits per heavy atom. The summed E-state index contributed by atoms with van der Waals surface area (Å²) in [5, 5.41) is 17.1. The van der Waals surface area contributed by atoms with Crippen molar-refractivity contribution in [1.82, 2.24) is 19.7 Å². The summed E-state index contributed by atoms with van der Waals surface area (Å²) in [6, 6.07) is 4.08. The normalized spacial score (nSPS) is 12.5. The smallest absolute Gasteiger partial charge is 0.256 e. The maximum Gasteiger partial charge on any atom is 0.256 e. The lowest BCUT2D eigenvalue weighted by Gasteiger charge is -2.15. The molecule has 3 rings (SSSR count). The number of halogens is 1. The molecule has 0 aliphatic heterocycles. The van der Waals surface area contributed by atoms with Gasteiger partial charge in [-0.2, -0.15) is 5.10 Å². The van der Waals surface area contributed by atoms with Crippen LogP contribution < -0.4 is 10.9 Å². The van der Waals surface area contributed by atoms with Crippen molar-refractivity contribution in [3.8, 4) is 0 Å². The van der Waals surface area contributed by atoms with Gasteiger partial charge in [-0.05, 0) is 38.7 Å². The van der Waals surface area contributed by atoms with Gasteiger partial charge in [0.25, 0.3) is 5.91 Å². The number of nitrogens with one attached hydrogen (secondary N) is 2. The van der Waals surface area contributed by atoms with Crippen molar-refractivity contribution in [2.45, 2.75) is 19.6 Å². The molecule has 28 heavy (non-hydrogen) atoms. The zero-order valence-corrected chi connectivity index (χ0v) is 15.9. The standard InChI is InChI=1S/C19H22FN5O3/c1-11-4-14-15(6-17(27)23-18(14)16(20)5-11)19(28)22-12-7-21-25(8-12)10-13(26)9-24(2)3/h4-8,13,26H,9-10H2,1-3H3,(H,22,28)(H,23,27). The SMILES string of the molecule is Cc1cc(F)c2[nH]c(=O)cc(C(=O)Nc3cnn(CC(O)CN(C)C)c3)c2c1. The van der Waals surface area contributed by atoms with E-state index in [9.17, 15) is 19.1 Å². The Kier molecular flexibility index (Phi) is 5.57. The minimum absolute atomic E-state index is 0.00856. The van der Waals surface area contributed by atoms with Crippen LogP contribution in [0.3, 0.4) is 0 Å². The Hall–Kier alpha value is -3.04. The van der Waals surface area contributed by atoms with Crippen LogP contribution in [0, 0.1) is 12.7 Å². The molecule has 0 aliphatic carbocycles. The number of hydrogen-bond donors (Lipinski definition) is 3. The average molecular weight is 387 g/mol. The number of aromatic amines is 1. The fraction of sp³-hybridized carbons (Fsp3) is 0.316. The number of carbonyl (C=O) groups is 1. The maximum absolute atomic E-state index is 14.2. The van der Waals surface area contributed by atoms with E-state index in [1.54, 1.807) is 19.2 Å². The van der Waals surface area contributed by atoms with E-state index in [0.717, 1.165) is 6.07 Å². The molecule has 1 amide bonds. The van der Waals surface area contributed by atoms with Gasteiger partial charge in [0.15, 0.2) is 0 Å². The van der Waals surface area contributed by atoms with E-state index in [1.165, 1.54) is 16.9 Å². The molecule has 0 fully saturated rings. The minimum atomic E-state index is -0.610. The number of benzene rings is 1. The Labute approximate surface area is 160 Å². The number of anilines is 1. The number of aryl methyl sites for hydroxylation is 1. The molecular formula is C19H22FN5O3. The second-order valence-electron chi connectivity index (χ2n) is 7.04. The summed E-state index contributed by atoms with van der Waals surface area (Å²) in [5.41, 5.74) is 0.535. The number of amides is 1. The molecule has 0 spiro atoms. The summed E-state index contributed by atoms with van der Waals surface area (Å²) >= 11 is 0. The fourth-order valence-corrected chi connectivity index (χ4v) is 3.06. The molecule has 9 heteroatoms. The van der Waals surface area contributed by atoms with Crippen molar-refractivity contribution in [1.29, 1.82) is 0 Å². The van der Waals surface area contributed by atoms with Crippen LogP contribution in [-0.4, -0.2) is 57.4 Å². The highest BCUT2D eigenvalue weighted by molar-refractivity contribution is 6.12. The quantitative estimate of drug-likeness (QED) is 0.592. The second kappa shape index (κ2) is 7.91. The van der Waals surface area contributed by atoms with Gasteiger partial charge in [0.2, 0.25) is 5.56 Å². The Bertz CT molecular complexity index is 1070. The third-order valence-electron chi connectivity index (χ3n) is 4.16. The van der Waals surface area contributed by atoms with Crippen molar-refractivity contribution in [3.63, 3.8) is 0 Å². The number of aromatic nitrogens is 3.